The number of hydrogen-bond donors (Lipinski definition) is 3. The quantitative estimate of drug-likeness (QED) is 0.0619. The Hall–Kier alpha value is -0.0700. The molecule has 0 aliphatic heterocycles. The van der Waals surface area contributed by atoms with Crippen molar-refractivity contribution in [1.29, 1.82) is 0 Å². The molecule has 0 heterocycles. The SMILES string of the molecule is CCCCCCCCCCOC(CCC)C(C)C1CCCCC1.CCCOC(S)C(O)([PH2]=O)C(=O)O. The Kier molecular flexibility index (Phi) is 22.8. The summed E-state index contributed by atoms with van der Waals surface area (Å²) in [5.74, 6) is 0.122. The molecule has 0 bridgehead atoms. The van der Waals surface area contributed by atoms with Gasteiger partial charge in [-0.25, -0.2) is 4.79 Å². The van der Waals surface area contributed by atoms with Crippen LogP contribution < -0.4 is 0 Å². The van der Waals surface area contributed by atoms with E-state index < -0.39 is 25.2 Å². The molecule has 0 aromatic heterocycles. The first-order chi connectivity index (χ1) is 17.3. The van der Waals surface area contributed by atoms with E-state index in [1.54, 1.807) is 0 Å². The summed E-state index contributed by atoms with van der Waals surface area (Å²) >= 11 is 3.73. The lowest BCUT2D eigenvalue weighted by molar-refractivity contribution is -0.155. The van der Waals surface area contributed by atoms with Gasteiger partial charge in [-0.05, 0) is 31.1 Å². The largest absolute Gasteiger partial charge is 0.479 e. The highest BCUT2D eigenvalue weighted by molar-refractivity contribution is 7.81. The zero-order valence-electron chi connectivity index (χ0n) is 23.6. The number of aliphatic carboxylic acids is 1. The van der Waals surface area contributed by atoms with Crippen LogP contribution in [0.25, 0.3) is 0 Å². The van der Waals surface area contributed by atoms with E-state index in [1.165, 1.54) is 96.3 Å². The molecule has 0 saturated heterocycles. The van der Waals surface area contributed by atoms with E-state index in [0.29, 0.717) is 12.5 Å². The van der Waals surface area contributed by atoms with Crippen LogP contribution in [0.1, 0.15) is 130 Å². The molecular formula is C28H57O6PS. The number of thiol groups is 1. The minimum absolute atomic E-state index is 0.267. The van der Waals surface area contributed by atoms with E-state index in [-0.39, 0.29) is 6.61 Å². The van der Waals surface area contributed by atoms with Crippen LogP contribution in [-0.2, 0) is 18.8 Å². The topological polar surface area (TPSA) is 93.1 Å². The Morgan fingerprint density at radius 1 is 0.917 bits per heavy atom. The molecule has 1 saturated carbocycles. The van der Waals surface area contributed by atoms with Crippen molar-refractivity contribution in [2.75, 3.05) is 13.2 Å². The predicted octanol–water partition coefficient (Wildman–Crippen LogP) is 7.73. The number of ether oxygens (including phenoxy) is 2. The van der Waals surface area contributed by atoms with Gasteiger partial charge in [-0.2, -0.15) is 0 Å². The average Bonchev–Trinajstić information content (AvgIpc) is 2.89. The number of unbranched alkanes of at least 4 members (excludes halogenated alkanes) is 7. The molecule has 36 heavy (non-hydrogen) atoms. The van der Waals surface area contributed by atoms with Gasteiger partial charge in [-0.15, -0.1) is 12.6 Å². The highest BCUT2D eigenvalue weighted by atomic mass is 32.1. The number of aliphatic hydroxyl groups is 1. The van der Waals surface area contributed by atoms with Crippen molar-refractivity contribution in [3.05, 3.63) is 0 Å². The Labute approximate surface area is 228 Å². The second-order valence-electron chi connectivity index (χ2n) is 10.4. The van der Waals surface area contributed by atoms with E-state index in [1.807, 2.05) is 6.92 Å². The maximum atomic E-state index is 10.5. The predicted molar refractivity (Wildman–Crippen MR) is 155 cm³/mol. The molecule has 1 aliphatic rings. The molecule has 0 radical (unpaired) electrons. The first-order valence-corrected chi connectivity index (χ1v) is 16.2. The lowest BCUT2D eigenvalue weighted by Gasteiger charge is -2.33. The lowest BCUT2D eigenvalue weighted by atomic mass is 9.77. The smallest absolute Gasteiger partial charge is 0.346 e. The molecule has 0 aromatic rings. The second-order valence-corrected chi connectivity index (χ2v) is 12.0. The van der Waals surface area contributed by atoms with E-state index in [2.05, 4.69) is 33.4 Å². The van der Waals surface area contributed by atoms with Crippen molar-refractivity contribution in [2.45, 2.75) is 147 Å². The fraction of sp³-hybridized carbons (Fsp3) is 0.964. The summed E-state index contributed by atoms with van der Waals surface area (Å²) in [5.41, 5.74) is -1.25. The monoisotopic (exact) mass is 552 g/mol. The normalized spacial score (nSPS) is 18.8. The van der Waals surface area contributed by atoms with Gasteiger partial charge in [0.1, 0.15) is 13.9 Å². The zero-order chi connectivity index (χ0) is 27.2. The summed E-state index contributed by atoms with van der Waals surface area (Å²) in [7, 11) is -1.90. The summed E-state index contributed by atoms with van der Waals surface area (Å²) in [6.45, 7) is 10.1. The van der Waals surface area contributed by atoms with E-state index in [9.17, 15) is 14.5 Å². The molecule has 0 aromatic carbocycles. The molecule has 6 nitrogen and oxygen atoms in total. The van der Waals surface area contributed by atoms with E-state index >= 15 is 0 Å². The number of carboxylic acid groups (broad SMARTS) is 1. The van der Waals surface area contributed by atoms with Crippen LogP contribution in [0.3, 0.4) is 0 Å². The Bertz CT molecular complexity index is 546. The molecule has 0 spiro atoms. The van der Waals surface area contributed by atoms with Crippen LogP contribution in [0.4, 0.5) is 0 Å². The van der Waals surface area contributed by atoms with Gasteiger partial charge in [0.2, 0.25) is 5.34 Å². The number of hydrogen-bond acceptors (Lipinski definition) is 6. The van der Waals surface area contributed by atoms with Crippen LogP contribution in [0.15, 0.2) is 0 Å². The Morgan fingerprint density at radius 3 is 2.00 bits per heavy atom. The summed E-state index contributed by atoms with van der Waals surface area (Å²) in [5, 5.41) is 15.5. The van der Waals surface area contributed by atoms with Gasteiger partial charge in [0.05, 0.1) is 6.10 Å². The van der Waals surface area contributed by atoms with Crippen LogP contribution in [0, 0.1) is 11.8 Å². The third-order valence-electron chi connectivity index (χ3n) is 7.26. The number of rotatable bonds is 20. The van der Waals surface area contributed by atoms with Crippen molar-refractivity contribution in [3.8, 4) is 0 Å². The number of carboxylic acids is 1. The highest BCUT2D eigenvalue weighted by Crippen LogP contribution is 2.34. The lowest BCUT2D eigenvalue weighted by Crippen LogP contribution is -2.43. The van der Waals surface area contributed by atoms with Gasteiger partial charge in [-0.3, -0.25) is 0 Å². The molecular weight excluding hydrogens is 495 g/mol. The maximum absolute atomic E-state index is 10.5. The minimum atomic E-state index is -2.36. The summed E-state index contributed by atoms with van der Waals surface area (Å²) in [4.78, 5) is 10.5. The first kappa shape index (κ1) is 35.9. The molecule has 1 aliphatic carbocycles. The van der Waals surface area contributed by atoms with Crippen LogP contribution in [-0.4, -0.2) is 46.3 Å². The highest BCUT2D eigenvalue weighted by Gasteiger charge is 2.42. The van der Waals surface area contributed by atoms with Crippen molar-refractivity contribution < 1.29 is 29.0 Å². The van der Waals surface area contributed by atoms with Crippen LogP contribution in [0.5, 0.6) is 0 Å². The van der Waals surface area contributed by atoms with Crippen molar-refractivity contribution in [1.82, 2.24) is 0 Å². The third-order valence-corrected chi connectivity index (χ3v) is 8.99. The molecule has 1 fully saturated rings. The standard InChI is InChI=1S/C22H44O.C6H13O5PS/c1-4-6-7-8-9-10-11-15-19-23-22(16-5-2)20(3)21-17-13-12-14-18-21;1-2-3-11-5(13)6(9,12-10)4(7)8/h20-22H,4-19H2,1-3H3;5,9,13H,2-3,12H2,1H3,(H,7,8). The van der Waals surface area contributed by atoms with Crippen molar-refractivity contribution in [3.63, 3.8) is 0 Å². The van der Waals surface area contributed by atoms with Crippen molar-refractivity contribution in [2.24, 2.45) is 11.8 Å². The molecule has 0 amide bonds. The number of carbonyl (C=O) groups is 1. The van der Waals surface area contributed by atoms with Gasteiger partial charge >= 0.3 is 5.97 Å². The molecule has 5 atom stereocenters. The van der Waals surface area contributed by atoms with Gasteiger partial charge in [0, 0.05) is 13.2 Å². The van der Waals surface area contributed by atoms with Crippen molar-refractivity contribution >= 4 is 27.1 Å². The summed E-state index contributed by atoms with van der Waals surface area (Å²) in [6, 6.07) is 0. The van der Waals surface area contributed by atoms with Gasteiger partial charge < -0.3 is 24.3 Å². The first-order valence-electron chi connectivity index (χ1n) is 14.6. The van der Waals surface area contributed by atoms with Gasteiger partial charge in [0.25, 0.3) is 0 Å². The summed E-state index contributed by atoms with van der Waals surface area (Å²) in [6.07, 6.45) is 22.1. The van der Waals surface area contributed by atoms with E-state index in [0.717, 1.165) is 18.4 Å². The van der Waals surface area contributed by atoms with Crippen LogP contribution in [0.2, 0.25) is 0 Å². The molecule has 2 N–H and O–H groups in total. The fourth-order valence-electron chi connectivity index (χ4n) is 4.79. The Morgan fingerprint density at radius 2 is 1.50 bits per heavy atom. The second kappa shape index (κ2) is 22.9. The van der Waals surface area contributed by atoms with Gasteiger partial charge in [-0.1, -0.05) is 111 Å². The zero-order valence-corrected chi connectivity index (χ0v) is 25.6. The molecule has 216 valence electrons. The van der Waals surface area contributed by atoms with Gasteiger partial charge in [0.15, 0.2) is 0 Å². The van der Waals surface area contributed by atoms with E-state index in [4.69, 9.17) is 14.6 Å². The fourth-order valence-corrected chi connectivity index (χ4v) is 5.50. The molecule has 5 unspecified atom stereocenters. The maximum Gasteiger partial charge on any atom is 0.346 e. The Balaban J connectivity index is 0.000000802. The summed E-state index contributed by atoms with van der Waals surface area (Å²) < 4.78 is 21.7. The molecule has 8 heteroatoms. The van der Waals surface area contributed by atoms with Crippen LogP contribution >= 0.6 is 21.1 Å². The third kappa shape index (κ3) is 15.4. The average molecular weight is 553 g/mol. The molecule has 1 rings (SSSR count). The minimum Gasteiger partial charge on any atom is -0.479 e.